The predicted molar refractivity (Wildman–Crippen MR) is 94.9 cm³/mol. The van der Waals surface area contributed by atoms with Gasteiger partial charge in [-0.1, -0.05) is 6.07 Å². The topological polar surface area (TPSA) is 158 Å². The third kappa shape index (κ3) is 5.02. The van der Waals surface area contributed by atoms with Gasteiger partial charge < -0.3 is 10.1 Å². The lowest BCUT2D eigenvalue weighted by atomic mass is 10.0. The van der Waals surface area contributed by atoms with Crippen LogP contribution in [0.1, 0.15) is 34.2 Å². The number of benzene rings is 1. The smallest absolute Gasteiger partial charge is 0.426 e. The fourth-order valence-electron chi connectivity index (χ4n) is 2.29. The van der Waals surface area contributed by atoms with Crippen LogP contribution in [0.4, 0.5) is 10.5 Å². The molecule has 0 aliphatic carbocycles. The number of nitriles is 1. The molecule has 0 atom stereocenters. The fourth-order valence-corrected chi connectivity index (χ4v) is 2.29. The van der Waals surface area contributed by atoms with Gasteiger partial charge in [-0.3, -0.25) is 10.2 Å². The van der Waals surface area contributed by atoms with Gasteiger partial charge in [0.05, 0.1) is 17.9 Å². The van der Waals surface area contributed by atoms with Gasteiger partial charge in [0, 0.05) is 6.20 Å². The second-order valence-corrected chi connectivity index (χ2v) is 5.35. The molecule has 140 valence electrons. The van der Waals surface area contributed by atoms with Gasteiger partial charge in [0.2, 0.25) is 5.82 Å². The first-order valence-corrected chi connectivity index (χ1v) is 7.91. The molecule has 0 saturated heterocycles. The minimum atomic E-state index is -0.770. The van der Waals surface area contributed by atoms with Gasteiger partial charge in [0.25, 0.3) is 5.91 Å². The number of aromatic nitrogens is 4. The van der Waals surface area contributed by atoms with Gasteiger partial charge in [-0.25, -0.2) is 10.2 Å². The summed E-state index contributed by atoms with van der Waals surface area (Å²) in [4.78, 5) is 23.9. The lowest BCUT2D eigenvalue weighted by molar-refractivity contribution is 0.0913. The van der Waals surface area contributed by atoms with Crippen LogP contribution in [0, 0.1) is 25.2 Å². The van der Waals surface area contributed by atoms with Crippen molar-refractivity contribution >= 4 is 23.3 Å². The molecule has 0 unspecified atom stereocenters. The molecule has 11 heteroatoms. The Bertz CT molecular complexity index is 899. The molecular weight excluding hydrogens is 352 g/mol. The van der Waals surface area contributed by atoms with Crippen molar-refractivity contribution in [1.82, 2.24) is 31.5 Å². The Kier molecular flexibility index (Phi) is 6.43. The molecule has 27 heavy (non-hydrogen) atoms. The zero-order chi connectivity index (χ0) is 19.8. The molecule has 1 aromatic heterocycles. The summed E-state index contributed by atoms with van der Waals surface area (Å²) in [6.45, 7) is 5.45. The number of ether oxygens (including phenoxy) is 1. The van der Waals surface area contributed by atoms with Gasteiger partial charge in [-0.2, -0.15) is 10.5 Å². The number of carbonyl (C=O) groups is 2. The standard InChI is InChI=1S/C16H18N8O3/c1-4-27-16(26)22-21-15(25)13-10(3)5-9(2)6-12(13)18-8-11(7-17)14-19-23-24-20-14/h5-6,8,18H,4H2,1-3H3,(H,21,25)(H,22,26)(H,19,20,23,24). The second kappa shape index (κ2) is 8.95. The number of aryl methyl sites for hydroxylation is 2. The minimum Gasteiger partial charge on any atom is -0.449 e. The second-order valence-electron chi connectivity index (χ2n) is 5.35. The van der Waals surface area contributed by atoms with E-state index >= 15 is 0 Å². The van der Waals surface area contributed by atoms with E-state index in [0.29, 0.717) is 16.8 Å². The van der Waals surface area contributed by atoms with Gasteiger partial charge in [0.1, 0.15) is 11.6 Å². The SMILES string of the molecule is CCOC(=O)NNC(=O)c1c(C)cc(C)cc1NC=C(C#N)c1nn[nH]n1. The molecule has 0 saturated carbocycles. The number of hydrogen-bond acceptors (Lipinski definition) is 8. The Hall–Kier alpha value is -3.94. The predicted octanol–water partition coefficient (Wildman–Crippen LogP) is 1.18. The van der Waals surface area contributed by atoms with Crippen molar-refractivity contribution in [3.8, 4) is 6.07 Å². The molecule has 1 aromatic carbocycles. The van der Waals surface area contributed by atoms with E-state index in [1.165, 1.54) is 6.20 Å². The molecule has 4 N–H and O–H groups in total. The first kappa shape index (κ1) is 19.4. The van der Waals surface area contributed by atoms with Crippen molar-refractivity contribution in [2.75, 3.05) is 11.9 Å². The van der Waals surface area contributed by atoms with Crippen molar-refractivity contribution in [3.05, 3.63) is 40.8 Å². The molecule has 2 aromatic rings. The Balaban J connectivity index is 2.27. The van der Waals surface area contributed by atoms with E-state index in [1.54, 1.807) is 19.9 Å². The summed E-state index contributed by atoms with van der Waals surface area (Å²) in [5.41, 5.74) is 6.87. The fraction of sp³-hybridized carbons (Fsp3) is 0.250. The van der Waals surface area contributed by atoms with Crippen LogP contribution in [0.15, 0.2) is 18.3 Å². The number of amides is 2. The highest BCUT2D eigenvalue weighted by Crippen LogP contribution is 2.23. The first-order chi connectivity index (χ1) is 13.0. The number of hydrogen-bond donors (Lipinski definition) is 4. The van der Waals surface area contributed by atoms with E-state index < -0.39 is 12.0 Å². The van der Waals surface area contributed by atoms with Crippen LogP contribution in [0.2, 0.25) is 0 Å². The minimum absolute atomic E-state index is 0.115. The summed E-state index contributed by atoms with van der Waals surface area (Å²) in [5, 5.41) is 25.3. The highest BCUT2D eigenvalue weighted by molar-refractivity contribution is 6.02. The molecule has 2 amide bonds. The molecule has 2 rings (SSSR count). The summed E-state index contributed by atoms with van der Waals surface area (Å²) < 4.78 is 4.69. The molecule has 0 radical (unpaired) electrons. The van der Waals surface area contributed by atoms with Crippen molar-refractivity contribution < 1.29 is 14.3 Å². The number of carbonyl (C=O) groups excluding carboxylic acids is 2. The molecule has 0 aliphatic heterocycles. The lowest BCUT2D eigenvalue weighted by Crippen LogP contribution is -2.42. The highest BCUT2D eigenvalue weighted by Gasteiger charge is 2.16. The van der Waals surface area contributed by atoms with Gasteiger partial charge >= 0.3 is 6.09 Å². The monoisotopic (exact) mass is 370 g/mol. The van der Waals surface area contributed by atoms with Crippen LogP contribution < -0.4 is 16.2 Å². The van der Waals surface area contributed by atoms with Crippen LogP contribution in [0.25, 0.3) is 5.57 Å². The molecule has 11 nitrogen and oxygen atoms in total. The number of rotatable bonds is 5. The van der Waals surface area contributed by atoms with E-state index in [2.05, 4.69) is 36.8 Å². The van der Waals surface area contributed by atoms with E-state index in [0.717, 1.165) is 5.56 Å². The molecule has 1 heterocycles. The van der Waals surface area contributed by atoms with E-state index in [4.69, 9.17) is 4.74 Å². The third-order valence-electron chi connectivity index (χ3n) is 3.34. The number of allylic oxidation sites excluding steroid dienone is 1. The molecule has 0 fully saturated rings. The number of H-pyrrole nitrogens is 1. The number of anilines is 1. The summed E-state index contributed by atoms with van der Waals surface area (Å²) in [7, 11) is 0. The van der Waals surface area contributed by atoms with Gasteiger partial charge in [0.15, 0.2) is 0 Å². The van der Waals surface area contributed by atoms with Crippen LogP contribution in [0.5, 0.6) is 0 Å². The maximum absolute atomic E-state index is 12.5. The molecular formula is C16H18N8O3. The maximum Gasteiger partial charge on any atom is 0.426 e. The van der Waals surface area contributed by atoms with Crippen LogP contribution in [-0.4, -0.2) is 39.2 Å². The maximum atomic E-state index is 12.5. The first-order valence-electron chi connectivity index (χ1n) is 7.91. The zero-order valence-corrected chi connectivity index (χ0v) is 15.0. The largest absolute Gasteiger partial charge is 0.449 e. The average Bonchev–Trinajstić information content (AvgIpc) is 3.14. The molecule has 0 aliphatic rings. The van der Waals surface area contributed by atoms with E-state index in [1.807, 2.05) is 19.1 Å². The summed E-state index contributed by atoms with van der Waals surface area (Å²) in [6, 6.07) is 5.49. The van der Waals surface area contributed by atoms with E-state index in [-0.39, 0.29) is 18.0 Å². The number of nitrogens with zero attached hydrogens (tertiary/aromatic N) is 4. The summed E-state index contributed by atoms with van der Waals surface area (Å²) >= 11 is 0. The van der Waals surface area contributed by atoms with E-state index in [9.17, 15) is 14.9 Å². The van der Waals surface area contributed by atoms with Crippen LogP contribution in [-0.2, 0) is 4.74 Å². The Labute approximate surface area is 154 Å². The number of aromatic amines is 1. The number of tetrazole rings is 1. The molecule has 0 bridgehead atoms. The molecule has 0 spiro atoms. The Morgan fingerprint density at radius 2 is 2.11 bits per heavy atom. The Morgan fingerprint density at radius 3 is 2.74 bits per heavy atom. The van der Waals surface area contributed by atoms with Crippen LogP contribution in [0.3, 0.4) is 0 Å². The Morgan fingerprint density at radius 1 is 1.33 bits per heavy atom. The van der Waals surface area contributed by atoms with Crippen molar-refractivity contribution in [1.29, 1.82) is 5.26 Å². The van der Waals surface area contributed by atoms with Crippen molar-refractivity contribution in [2.24, 2.45) is 0 Å². The summed E-state index contributed by atoms with van der Waals surface area (Å²) in [5.74, 6) is -0.432. The third-order valence-corrected chi connectivity index (χ3v) is 3.34. The van der Waals surface area contributed by atoms with Gasteiger partial charge in [-0.15, -0.1) is 10.2 Å². The zero-order valence-electron chi connectivity index (χ0n) is 15.0. The highest BCUT2D eigenvalue weighted by atomic mass is 16.5. The van der Waals surface area contributed by atoms with Crippen LogP contribution >= 0.6 is 0 Å². The number of hydrazine groups is 1. The number of nitrogens with one attached hydrogen (secondary N) is 4. The van der Waals surface area contributed by atoms with Crippen molar-refractivity contribution in [3.63, 3.8) is 0 Å². The van der Waals surface area contributed by atoms with Gasteiger partial charge in [-0.05, 0) is 43.2 Å². The lowest BCUT2D eigenvalue weighted by Gasteiger charge is -2.14. The normalized spacial score (nSPS) is 10.7. The van der Waals surface area contributed by atoms with Crippen molar-refractivity contribution in [2.45, 2.75) is 20.8 Å². The quantitative estimate of drug-likeness (QED) is 0.451. The summed E-state index contributed by atoms with van der Waals surface area (Å²) in [6.07, 6.45) is 0.600. The average molecular weight is 370 g/mol.